The predicted octanol–water partition coefficient (Wildman–Crippen LogP) is 1.55. The molecule has 0 atom stereocenters. The van der Waals surface area contributed by atoms with E-state index in [2.05, 4.69) is 15.6 Å². The molecule has 1 amide bonds. The van der Waals surface area contributed by atoms with E-state index in [-0.39, 0.29) is 11.3 Å². The highest BCUT2D eigenvalue weighted by Gasteiger charge is 2.20. The molecule has 0 unspecified atom stereocenters. The molecule has 0 bridgehead atoms. The number of nitrogens with zero attached hydrogens (tertiary/aromatic N) is 1. The van der Waals surface area contributed by atoms with Crippen LogP contribution in [0.25, 0.3) is 0 Å². The molecule has 0 spiro atoms. The molecule has 1 aromatic heterocycles. The van der Waals surface area contributed by atoms with Gasteiger partial charge in [0.05, 0.1) is 5.69 Å². The average Bonchev–Trinajstić information content (AvgIpc) is 2.25. The van der Waals surface area contributed by atoms with Gasteiger partial charge in [0.15, 0.2) is 0 Å². The van der Waals surface area contributed by atoms with Crippen molar-refractivity contribution in [2.24, 2.45) is 5.41 Å². The summed E-state index contributed by atoms with van der Waals surface area (Å²) in [5, 5.41) is 5.95. The van der Waals surface area contributed by atoms with E-state index in [1.165, 1.54) is 0 Å². The van der Waals surface area contributed by atoms with E-state index in [9.17, 15) is 4.79 Å². The monoisotopic (exact) mass is 250 g/mol. The highest BCUT2D eigenvalue weighted by atomic mass is 16.2. The number of pyridine rings is 1. The minimum Gasteiger partial charge on any atom is -0.396 e. The second kappa shape index (κ2) is 5.71. The van der Waals surface area contributed by atoms with Gasteiger partial charge < -0.3 is 16.4 Å². The molecule has 18 heavy (non-hydrogen) atoms. The number of aromatic nitrogens is 1. The fourth-order valence-corrected chi connectivity index (χ4v) is 1.36. The van der Waals surface area contributed by atoms with Gasteiger partial charge in [-0.25, -0.2) is 4.98 Å². The third kappa shape index (κ3) is 4.24. The molecule has 5 heteroatoms. The van der Waals surface area contributed by atoms with Gasteiger partial charge in [0.25, 0.3) is 0 Å². The Morgan fingerprint density at radius 2 is 2.06 bits per heavy atom. The van der Waals surface area contributed by atoms with E-state index in [1.807, 2.05) is 33.8 Å². The highest BCUT2D eigenvalue weighted by molar-refractivity contribution is 5.81. The minimum absolute atomic E-state index is 0.0362. The topological polar surface area (TPSA) is 80.0 Å². The van der Waals surface area contributed by atoms with Crippen molar-refractivity contribution in [3.8, 4) is 0 Å². The molecule has 0 aliphatic heterocycles. The fraction of sp³-hybridized carbons (Fsp3) is 0.538. The van der Waals surface area contributed by atoms with Crippen LogP contribution in [-0.4, -0.2) is 24.0 Å². The molecule has 0 aliphatic rings. The molecular formula is C13H22N4O. The zero-order valence-corrected chi connectivity index (χ0v) is 11.5. The van der Waals surface area contributed by atoms with Crippen molar-refractivity contribution in [2.75, 3.05) is 24.1 Å². The summed E-state index contributed by atoms with van der Waals surface area (Å²) in [6.07, 6.45) is 1.76. The predicted molar refractivity (Wildman–Crippen MR) is 74.3 cm³/mol. The Hall–Kier alpha value is -1.78. The van der Waals surface area contributed by atoms with Gasteiger partial charge in [-0.2, -0.15) is 0 Å². The molecule has 1 heterocycles. The van der Waals surface area contributed by atoms with Gasteiger partial charge in [-0.3, -0.25) is 4.79 Å². The lowest BCUT2D eigenvalue weighted by Crippen LogP contribution is -2.37. The van der Waals surface area contributed by atoms with Crippen LogP contribution < -0.4 is 16.4 Å². The van der Waals surface area contributed by atoms with E-state index in [4.69, 9.17) is 5.73 Å². The van der Waals surface area contributed by atoms with Gasteiger partial charge in [0, 0.05) is 24.7 Å². The lowest BCUT2D eigenvalue weighted by atomic mass is 9.96. The van der Waals surface area contributed by atoms with Crippen LogP contribution in [0.2, 0.25) is 0 Å². The van der Waals surface area contributed by atoms with Crippen molar-refractivity contribution in [1.82, 2.24) is 10.3 Å². The number of hydrogen-bond donors (Lipinski definition) is 3. The summed E-state index contributed by atoms with van der Waals surface area (Å²) in [6, 6.07) is 1.86. The molecule has 0 fully saturated rings. The first kappa shape index (κ1) is 14.3. The quantitative estimate of drug-likeness (QED) is 0.708. The van der Waals surface area contributed by atoms with Crippen molar-refractivity contribution in [1.29, 1.82) is 0 Å². The number of carbonyl (C=O) groups is 1. The summed E-state index contributed by atoms with van der Waals surface area (Å²) < 4.78 is 0. The zero-order valence-electron chi connectivity index (χ0n) is 11.5. The van der Waals surface area contributed by atoms with Crippen LogP contribution in [0, 0.1) is 12.3 Å². The van der Waals surface area contributed by atoms with Gasteiger partial charge in [-0.1, -0.05) is 20.8 Å². The van der Waals surface area contributed by atoms with Crippen LogP contribution in [0.4, 0.5) is 11.5 Å². The van der Waals surface area contributed by atoms with Gasteiger partial charge in [-0.05, 0) is 18.6 Å². The molecule has 0 aromatic carbocycles. The van der Waals surface area contributed by atoms with E-state index >= 15 is 0 Å². The summed E-state index contributed by atoms with van der Waals surface area (Å²) >= 11 is 0. The van der Waals surface area contributed by atoms with Gasteiger partial charge in [-0.15, -0.1) is 0 Å². The van der Waals surface area contributed by atoms with E-state index < -0.39 is 0 Å². The molecule has 4 N–H and O–H groups in total. The van der Waals surface area contributed by atoms with Gasteiger partial charge in [0.2, 0.25) is 5.91 Å². The minimum atomic E-state index is -0.360. The number of hydrogen-bond acceptors (Lipinski definition) is 4. The zero-order chi connectivity index (χ0) is 13.8. The third-order valence-corrected chi connectivity index (χ3v) is 2.44. The van der Waals surface area contributed by atoms with E-state index in [0.717, 1.165) is 5.56 Å². The van der Waals surface area contributed by atoms with Crippen molar-refractivity contribution in [3.05, 3.63) is 17.8 Å². The fourth-order valence-electron chi connectivity index (χ4n) is 1.36. The SMILES string of the molecule is Cc1cnc(NCCNC(=O)C(C)(C)C)c(N)c1. The lowest BCUT2D eigenvalue weighted by molar-refractivity contribution is -0.128. The maximum Gasteiger partial charge on any atom is 0.225 e. The Kier molecular flexibility index (Phi) is 4.53. The Balaban J connectivity index is 2.36. The van der Waals surface area contributed by atoms with Crippen LogP contribution >= 0.6 is 0 Å². The first-order valence-electron chi connectivity index (χ1n) is 6.05. The highest BCUT2D eigenvalue weighted by Crippen LogP contribution is 2.15. The number of rotatable bonds is 4. The summed E-state index contributed by atoms with van der Waals surface area (Å²) in [5.74, 6) is 0.694. The van der Waals surface area contributed by atoms with Crippen molar-refractivity contribution in [3.63, 3.8) is 0 Å². The summed E-state index contributed by atoms with van der Waals surface area (Å²) in [6.45, 7) is 8.74. The molecular weight excluding hydrogens is 228 g/mol. The lowest BCUT2D eigenvalue weighted by Gasteiger charge is -2.17. The number of nitrogens with one attached hydrogen (secondary N) is 2. The molecule has 5 nitrogen and oxygen atoms in total. The van der Waals surface area contributed by atoms with Crippen molar-refractivity contribution in [2.45, 2.75) is 27.7 Å². The summed E-state index contributed by atoms with van der Waals surface area (Å²) in [7, 11) is 0. The molecule has 100 valence electrons. The Morgan fingerprint density at radius 1 is 1.39 bits per heavy atom. The van der Waals surface area contributed by atoms with Gasteiger partial charge >= 0.3 is 0 Å². The van der Waals surface area contributed by atoms with Crippen molar-refractivity contribution >= 4 is 17.4 Å². The molecule has 0 radical (unpaired) electrons. The number of carbonyl (C=O) groups excluding carboxylic acids is 1. The summed E-state index contributed by atoms with van der Waals surface area (Å²) in [5.41, 5.74) is 7.11. The smallest absolute Gasteiger partial charge is 0.225 e. The normalized spacial score (nSPS) is 11.1. The van der Waals surface area contributed by atoms with Crippen LogP contribution in [-0.2, 0) is 4.79 Å². The van der Waals surface area contributed by atoms with Crippen LogP contribution in [0.3, 0.4) is 0 Å². The number of aryl methyl sites for hydroxylation is 1. The first-order valence-corrected chi connectivity index (χ1v) is 6.05. The second-order valence-corrected chi connectivity index (χ2v) is 5.38. The number of nitrogens with two attached hydrogens (primary N) is 1. The van der Waals surface area contributed by atoms with Crippen molar-refractivity contribution < 1.29 is 4.79 Å². The largest absolute Gasteiger partial charge is 0.396 e. The molecule has 1 rings (SSSR count). The van der Waals surface area contributed by atoms with E-state index in [1.54, 1.807) is 6.20 Å². The maximum atomic E-state index is 11.6. The molecule has 0 saturated heterocycles. The standard InChI is InChI=1S/C13H22N4O/c1-9-7-10(14)11(17-8-9)15-5-6-16-12(18)13(2,3)4/h7-8H,5-6,14H2,1-4H3,(H,15,17)(H,16,18). The van der Waals surface area contributed by atoms with Crippen LogP contribution in [0.15, 0.2) is 12.3 Å². The molecule has 0 saturated carbocycles. The van der Waals surface area contributed by atoms with Crippen LogP contribution in [0.1, 0.15) is 26.3 Å². The first-order chi connectivity index (χ1) is 8.30. The van der Waals surface area contributed by atoms with E-state index in [0.29, 0.717) is 24.6 Å². The number of nitrogen functional groups attached to an aromatic ring is 1. The average molecular weight is 250 g/mol. The summed E-state index contributed by atoms with van der Waals surface area (Å²) in [4.78, 5) is 15.8. The second-order valence-electron chi connectivity index (χ2n) is 5.38. The van der Waals surface area contributed by atoms with Crippen LogP contribution in [0.5, 0.6) is 0 Å². The molecule has 1 aromatic rings. The Morgan fingerprint density at radius 3 is 2.61 bits per heavy atom. The number of anilines is 2. The number of amides is 1. The maximum absolute atomic E-state index is 11.6. The Labute approximate surface area is 108 Å². The third-order valence-electron chi connectivity index (χ3n) is 2.44. The molecule has 0 aliphatic carbocycles. The van der Waals surface area contributed by atoms with Gasteiger partial charge in [0.1, 0.15) is 5.82 Å². The Bertz CT molecular complexity index is 423.